The number of aliphatic hydroxyl groups excluding tert-OH is 2. The highest BCUT2D eigenvalue weighted by molar-refractivity contribution is 5.02. The lowest BCUT2D eigenvalue weighted by molar-refractivity contribution is -0.0916. The lowest BCUT2D eigenvalue weighted by Gasteiger charge is -2.36. The van der Waals surface area contributed by atoms with Crippen molar-refractivity contribution in [2.45, 2.75) is 77.7 Å². The fourth-order valence-corrected chi connectivity index (χ4v) is 3.61. The van der Waals surface area contributed by atoms with E-state index in [2.05, 4.69) is 32.6 Å². The van der Waals surface area contributed by atoms with Crippen molar-refractivity contribution in [2.75, 3.05) is 19.7 Å². The van der Waals surface area contributed by atoms with Gasteiger partial charge in [-0.2, -0.15) is 0 Å². The molecule has 0 amide bonds. The summed E-state index contributed by atoms with van der Waals surface area (Å²) < 4.78 is 6.05. The fourth-order valence-electron chi connectivity index (χ4n) is 3.61. The van der Waals surface area contributed by atoms with Crippen LogP contribution >= 0.6 is 0 Å². The van der Waals surface area contributed by atoms with Crippen molar-refractivity contribution >= 4 is 0 Å². The van der Waals surface area contributed by atoms with Crippen molar-refractivity contribution in [1.82, 2.24) is 4.90 Å². The van der Waals surface area contributed by atoms with Crippen LogP contribution in [0.25, 0.3) is 0 Å². The van der Waals surface area contributed by atoms with Crippen molar-refractivity contribution in [3.05, 3.63) is 0 Å². The molecule has 1 fully saturated rings. The first-order chi connectivity index (χ1) is 9.19. The van der Waals surface area contributed by atoms with Gasteiger partial charge >= 0.3 is 0 Å². The molecule has 0 saturated carbocycles. The number of hydrogen-bond acceptors (Lipinski definition) is 4. The molecule has 1 heterocycles. The summed E-state index contributed by atoms with van der Waals surface area (Å²) in [5, 5.41) is 19.9. The molecule has 1 saturated heterocycles. The second kappa shape index (κ2) is 6.73. The summed E-state index contributed by atoms with van der Waals surface area (Å²) in [5.74, 6) is 0.0599. The summed E-state index contributed by atoms with van der Waals surface area (Å²) in [7, 11) is 0. The third kappa shape index (κ3) is 3.73. The number of hydrogen-bond donors (Lipinski definition) is 2. The molecule has 4 heteroatoms. The molecule has 1 aliphatic rings. The number of nitrogens with zero attached hydrogens (tertiary/aromatic N) is 1. The molecule has 120 valence electrons. The SMILES string of the molecule is CCC(CC)N(CCO)CC1C(O)C(C)(C)OC1(C)C. The van der Waals surface area contributed by atoms with E-state index in [4.69, 9.17) is 4.74 Å². The van der Waals surface area contributed by atoms with E-state index >= 15 is 0 Å². The minimum atomic E-state index is -0.507. The maximum Gasteiger partial charge on any atom is 0.0896 e. The van der Waals surface area contributed by atoms with E-state index in [1.54, 1.807) is 0 Å². The highest BCUT2D eigenvalue weighted by Gasteiger charge is 2.53. The molecular formula is C16H33NO3. The summed E-state index contributed by atoms with van der Waals surface area (Å²) in [6.07, 6.45) is 1.64. The van der Waals surface area contributed by atoms with Gasteiger partial charge in [0.15, 0.2) is 0 Å². The van der Waals surface area contributed by atoms with Crippen LogP contribution in [-0.4, -0.2) is 58.2 Å². The Bertz CT molecular complexity index is 300. The average molecular weight is 287 g/mol. The summed E-state index contributed by atoms with van der Waals surface area (Å²) in [5.41, 5.74) is -0.852. The molecule has 2 unspecified atom stereocenters. The van der Waals surface area contributed by atoms with Crippen LogP contribution in [-0.2, 0) is 4.74 Å². The lowest BCUT2D eigenvalue weighted by Crippen LogP contribution is -2.47. The maximum atomic E-state index is 10.6. The van der Waals surface area contributed by atoms with Gasteiger partial charge in [-0.05, 0) is 40.5 Å². The Kier molecular flexibility index (Phi) is 6.02. The van der Waals surface area contributed by atoms with Crippen LogP contribution in [0.3, 0.4) is 0 Å². The molecule has 0 spiro atoms. The van der Waals surface area contributed by atoms with Gasteiger partial charge in [-0.3, -0.25) is 4.90 Å². The molecule has 0 bridgehead atoms. The molecule has 0 radical (unpaired) electrons. The fraction of sp³-hybridized carbons (Fsp3) is 1.00. The quantitative estimate of drug-likeness (QED) is 0.752. The molecule has 1 rings (SSSR count). The van der Waals surface area contributed by atoms with Crippen LogP contribution in [0.15, 0.2) is 0 Å². The Hall–Kier alpha value is -0.160. The van der Waals surface area contributed by atoms with Crippen LogP contribution < -0.4 is 0 Å². The average Bonchev–Trinajstić information content (AvgIpc) is 2.49. The predicted octanol–water partition coefficient (Wildman–Crippen LogP) is 2.03. The first-order valence-corrected chi connectivity index (χ1v) is 7.92. The monoisotopic (exact) mass is 287 g/mol. The second-order valence-corrected chi connectivity index (χ2v) is 7.05. The van der Waals surface area contributed by atoms with E-state index in [0.717, 1.165) is 19.4 Å². The van der Waals surface area contributed by atoms with Gasteiger partial charge in [0, 0.05) is 25.0 Å². The van der Waals surface area contributed by atoms with E-state index in [1.807, 2.05) is 13.8 Å². The van der Waals surface area contributed by atoms with Gasteiger partial charge in [0.2, 0.25) is 0 Å². The molecule has 1 aliphatic heterocycles. The molecule has 0 aromatic rings. The number of rotatable bonds is 7. The maximum absolute atomic E-state index is 10.6. The Balaban J connectivity index is 2.86. The van der Waals surface area contributed by atoms with Gasteiger partial charge in [-0.1, -0.05) is 13.8 Å². The highest BCUT2D eigenvalue weighted by Crippen LogP contribution is 2.42. The van der Waals surface area contributed by atoms with Crippen LogP contribution in [0.1, 0.15) is 54.4 Å². The van der Waals surface area contributed by atoms with E-state index in [-0.39, 0.29) is 18.1 Å². The zero-order chi connectivity index (χ0) is 15.6. The Labute approximate surface area is 124 Å². The number of ether oxygens (including phenoxy) is 1. The zero-order valence-electron chi connectivity index (χ0n) is 14.0. The van der Waals surface area contributed by atoms with E-state index < -0.39 is 11.7 Å². The summed E-state index contributed by atoms with van der Waals surface area (Å²) in [6, 6.07) is 0.453. The van der Waals surface area contributed by atoms with Gasteiger partial charge < -0.3 is 14.9 Å². The first kappa shape index (κ1) is 17.9. The molecule has 0 aromatic heterocycles. The van der Waals surface area contributed by atoms with Gasteiger partial charge in [0.05, 0.1) is 23.9 Å². The molecule has 0 aromatic carbocycles. The standard InChI is InChI=1S/C16H33NO3/c1-7-12(8-2)17(9-10-18)11-13-14(19)16(5,6)20-15(13,3)4/h12-14,18-19H,7-11H2,1-6H3. The topological polar surface area (TPSA) is 52.9 Å². The predicted molar refractivity (Wildman–Crippen MR) is 81.8 cm³/mol. The molecular weight excluding hydrogens is 254 g/mol. The smallest absolute Gasteiger partial charge is 0.0896 e. The largest absolute Gasteiger partial charge is 0.395 e. The lowest BCUT2D eigenvalue weighted by atomic mass is 9.84. The molecule has 4 nitrogen and oxygen atoms in total. The van der Waals surface area contributed by atoms with Gasteiger partial charge in [-0.25, -0.2) is 0 Å². The van der Waals surface area contributed by atoms with Crippen molar-refractivity contribution in [3.63, 3.8) is 0 Å². The summed E-state index contributed by atoms with van der Waals surface area (Å²) in [6.45, 7) is 13.9. The second-order valence-electron chi connectivity index (χ2n) is 7.05. The van der Waals surface area contributed by atoms with Crippen LogP contribution in [0, 0.1) is 5.92 Å². The third-order valence-electron chi connectivity index (χ3n) is 4.79. The minimum absolute atomic E-state index is 0.0599. The molecule has 2 N–H and O–H groups in total. The highest BCUT2D eigenvalue weighted by atomic mass is 16.5. The van der Waals surface area contributed by atoms with E-state index in [0.29, 0.717) is 12.6 Å². The van der Waals surface area contributed by atoms with Crippen molar-refractivity contribution < 1.29 is 14.9 Å². The van der Waals surface area contributed by atoms with E-state index in [1.165, 1.54) is 0 Å². The van der Waals surface area contributed by atoms with Gasteiger partial charge in [0.25, 0.3) is 0 Å². The molecule has 20 heavy (non-hydrogen) atoms. The first-order valence-electron chi connectivity index (χ1n) is 7.92. The Morgan fingerprint density at radius 3 is 2.00 bits per heavy atom. The van der Waals surface area contributed by atoms with Crippen molar-refractivity contribution in [1.29, 1.82) is 0 Å². The molecule has 2 atom stereocenters. The molecule has 0 aliphatic carbocycles. The Morgan fingerprint density at radius 1 is 1.10 bits per heavy atom. The van der Waals surface area contributed by atoms with Crippen molar-refractivity contribution in [2.24, 2.45) is 5.92 Å². The van der Waals surface area contributed by atoms with Crippen LogP contribution in [0.2, 0.25) is 0 Å². The Morgan fingerprint density at radius 2 is 1.65 bits per heavy atom. The van der Waals surface area contributed by atoms with Crippen LogP contribution in [0.5, 0.6) is 0 Å². The number of aliphatic hydroxyl groups is 2. The third-order valence-corrected chi connectivity index (χ3v) is 4.79. The van der Waals surface area contributed by atoms with Crippen LogP contribution in [0.4, 0.5) is 0 Å². The van der Waals surface area contributed by atoms with E-state index in [9.17, 15) is 10.2 Å². The normalized spacial score (nSPS) is 28.5. The van der Waals surface area contributed by atoms with Gasteiger partial charge in [-0.15, -0.1) is 0 Å². The summed E-state index contributed by atoms with van der Waals surface area (Å²) >= 11 is 0. The van der Waals surface area contributed by atoms with Gasteiger partial charge in [0.1, 0.15) is 0 Å². The zero-order valence-corrected chi connectivity index (χ0v) is 14.0. The van der Waals surface area contributed by atoms with Crippen molar-refractivity contribution in [3.8, 4) is 0 Å². The minimum Gasteiger partial charge on any atom is -0.395 e. The summed E-state index contributed by atoms with van der Waals surface area (Å²) in [4.78, 5) is 2.31.